The van der Waals surface area contributed by atoms with Gasteiger partial charge >= 0.3 is 0 Å². The molecule has 1 fully saturated rings. The molecule has 8 nitrogen and oxygen atoms in total. The van der Waals surface area contributed by atoms with Gasteiger partial charge in [-0.2, -0.15) is 0 Å². The molecule has 0 spiro atoms. The molecule has 6 aromatic rings. The number of nitro benzene ring substituents is 1. The fraction of sp³-hybridized carbons (Fsp3) is 0.225. The molecule has 1 N–H and O–H groups in total. The van der Waals surface area contributed by atoms with E-state index in [0.29, 0.717) is 49.9 Å². The molecule has 240 valence electrons. The monoisotopic (exact) mass is 636 g/mol. The molecule has 1 aromatic heterocycles. The number of anilines is 2. The third-order valence-electron chi connectivity index (χ3n) is 10.1. The second-order valence-electron chi connectivity index (χ2n) is 12.8. The number of amides is 1. The first-order chi connectivity index (χ1) is 23.5. The molecule has 1 atom stereocenters. The molecule has 1 unspecified atom stereocenters. The van der Waals surface area contributed by atoms with Crippen LogP contribution in [0.5, 0.6) is 0 Å². The van der Waals surface area contributed by atoms with Gasteiger partial charge in [-0.15, -0.1) is 0 Å². The van der Waals surface area contributed by atoms with Gasteiger partial charge in [0, 0.05) is 43.5 Å². The molecule has 8 heteroatoms. The van der Waals surface area contributed by atoms with Crippen LogP contribution in [-0.2, 0) is 19.4 Å². The van der Waals surface area contributed by atoms with Gasteiger partial charge in [-0.1, -0.05) is 66.7 Å². The number of hydrogen-bond donors (Lipinski definition) is 1. The Balaban J connectivity index is 0.972. The summed E-state index contributed by atoms with van der Waals surface area (Å²) in [6, 6.07) is 34.2. The highest BCUT2D eigenvalue weighted by Gasteiger charge is 2.27. The molecule has 1 aliphatic carbocycles. The van der Waals surface area contributed by atoms with Crippen LogP contribution in [0.15, 0.2) is 114 Å². The maximum absolute atomic E-state index is 12.9. The Morgan fingerprint density at radius 3 is 2.48 bits per heavy atom. The summed E-state index contributed by atoms with van der Waals surface area (Å²) >= 11 is 0. The van der Waals surface area contributed by atoms with Crippen molar-refractivity contribution in [3.8, 4) is 0 Å². The van der Waals surface area contributed by atoms with Gasteiger partial charge in [-0.25, -0.2) is 0 Å². The van der Waals surface area contributed by atoms with E-state index in [1.165, 1.54) is 32.7 Å². The molecule has 5 aromatic carbocycles. The third kappa shape index (κ3) is 5.53. The van der Waals surface area contributed by atoms with E-state index < -0.39 is 0 Å². The summed E-state index contributed by atoms with van der Waals surface area (Å²) in [7, 11) is 0. The van der Waals surface area contributed by atoms with E-state index in [-0.39, 0.29) is 16.5 Å². The lowest BCUT2D eigenvalue weighted by molar-refractivity contribution is -0.384. The van der Waals surface area contributed by atoms with Crippen molar-refractivity contribution in [1.82, 2.24) is 4.90 Å². The molecule has 0 bridgehead atoms. The minimum absolute atomic E-state index is 0.0238. The molecule has 2 aliphatic rings. The Morgan fingerprint density at radius 2 is 1.65 bits per heavy atom. The Morgan fingerprint density at radius 1 is 0.854 bits per heavy atom. The predicted octanol–water partition coefficient (Wildman–Crippen LogP) is 8.34. The second kappa shape index (κ2) is 12.5. The number of benzene rings is 5. The Bertz CT molecular complexity index is 2150. The van der Waals surface area contributed by atoms with Gasteiger partial charge in [0.05, 0.1) is 17.7 Å². The molecule has 2 heterocycles. The molecular weight excluding hydrogens is 600 g/mol. The minimum atomic E-state index is -0.350. The lowest BCUT2D eigenvalue weighted by Crippen LogP contribution is -2.48. The van der Waals surface area contributed by atoms with Crippen molar-refractivity contribution < 1.29 is 14.1 Å². The van der Waals surface area contributed by atoms with E-state index in [4.69, 9.17) is 4.42 Å². The van der Waals surface area contributed by atoms with Crippen molar-refractivity contribution in [1.29, 1.82) is 0 Å². The fourth-order valence-corrected chi connectivity index (χ4v) is 7.62. The summed E-state index contributed by atoms with van der Waals surface area (Å²) in [4.78, 5) is 28.6. The number of piperazine rings is 1. The van der Waals surface area contributed by atoms with Gasteiger partial charge in [-0.05, 0) is 93.7 Å². The first kappa shape index (κ1) is 29.8. The van der Waals surface area contributed by atoms with Crippen LogP contribution < -0.4 is 10.2 Å². The average Bonchev–Trinajstić information content (AvgIpc) is 3.62. The van der Waals surface area contributed by atoms with E-state index in [2.05, 4.69) is 64.8 Å². The number of nitrogens with one attached hydrogen (secondary N) is 1. The van der Waals surface area contributed by atoms with Crippen LogP contribution in [0.2, 0.25) is 0 Å². The predicted molar refractivity (Wildman–Crippen MR) is 190 cm³/mol. The van der Waals surface area contributed by atoms with E-state index >= 15 is 0 Å². The zero-order valence-corrected chi connectivity index (χ0v) is 26.6. The smallest absolute Gasteiger partial charge is 0.292 e. The summed E-state index contributed by atoms with van der Waals surface area (Å²) in [5.41, 5.74) is 6.03. The number of furan rings is 1. The van der Waals surface area contributed by atoms with Crippen molar-refractivity contribution in [2.75, 3.05) is 36.4 Å². The van der Waals surface area contributed by atoms with Crippen molar-refractivity contribution >= 4 is 44.5 Å². The van der Waals surface area contributed by atoms with Crippen LogP contribution in [0.4, 0.5) is 17.1 Å². The summed E-state index contributed by atoms with van der Waals surface area (Å²) in [5.74, 6) is 1.14. The molecule has 1 saturated heterocycles. The molecular formula is C40H36N4O4. The second-order valence-corrected chi connectivity index (χ2v) is 12.8. The highest BCUT2D eigenvalue weighted by Crippen LogP contribution is 2.40. The maximum atomic E-state index is 12.9. The Hall–Kier alpha value is -5.63. The van der Waals surface area contributed by atoms with Crippen LogP contribution in [0.25, 0.3) is 21.5 Å². The Labute approximate surface area is 278 Å². The standard InChI is InChI=1S/C40H36N4O4/c45-40(28-7-2-1-3-8-28)43-21-19-42(20-22-43)31-13-17-38(44(46)47)37(25-31)41-26-39-34(18-23-48-39)30-11-14-33-29(24-30)12-16-35-32-9-5-4-6-27(32)10-15-36(33)35/h1-10,12-13,15-18,23,25,30,41H,11,14,19-22,24,26H2. The van der Waals surface area contributed by atoms with Gasteiger partial charge in [0.1, 0.15) is 11.4 Å². The van der Waals surface area contributed by atoms with Crippen molar-refractivity contribution in [3.63, 3.8) is 0 Å². The van der Waals surface area contributed by atoms with E-state index in [0.717, 1.165) is 36.3 Å². The number of hydrogen-bond acceptors (Lipinski definition) is 6. The highest BCUT2D eigenvalue weighted by atomic mass is 16.6. The number of carbonyl (C=O) groups excluding carboxylic acids is 1. The third-order valence-corrected chi connectivity index (χ3v) is 10.1. The molecule has 1 amide bonds. The Kier molecular flexibility index (Phi) is 7.76. The topological polar surface area (TPSA) is 91.9 Å². The maximum Gasteiger partial charge on any atom is 0.292 e. The van der Waals surface area contributed by atoms with E-state index in [9.17, 15) is 14.9 Å². The number of carbonyl (C=O) groups is 1. The molecule has 0 saturated carbocycles. The van der Waals surface area contributed by atoms with Crippen LogP contribution in [0.1, 0.15) is 45.1 Å². The largest absolute Gasteiger partial charge is 0.467 e. The van der Waals surface area contributed by atoms with Crippen molar-refractivity contribution in [2.24, 2.45) is 0 Å². The SMILES string of the molecule is O=C(c1ccccc1)N1CCN(c2ccc([N+](=O)[O-])c(NCc3occc3C3CCc4c(ccc5c4ccc4ccccc45)C3)c2)CC1. The van der Waals surface area contributed by atoms with Crippen LogP contribution >= 0.6 is 0 Å². The number of nitrogens with zero attached hydrogens (tertiary/aromatic N) is 3. The van der Waals surface area contributed by atoms with E-state index in [1.807, 2.05) is 41.3 Å². The van der Waals surface area contributed by atoms with Crippen LogP contribution in [-0.4, -0.2) is 41.9 Å². The molecule has 0 radical (unpaired) electrons. The molecule has 8 rings (SSSR count). The van der Waals surface area contributed by atoms with E-state index in [1.54, 1.807) is 18.4 Å². The summed E-state index contributed by atoms with van der Waals surface area (Å²) in [6.45, 7) is 2.80. The quantitative estimate of drug-likeness (QED) is 0.108. The van der Waals surface area contributed by atoms with Crippen molar-refractivity contribution in [2.45, 2.75) is 31.7 Å². The average molecular weight is 637 g/mol. The van der Waals surface area contributed by atoms with Crippen molar-refractivity contribution in [3.05, 3.63) is 148 Å². The fourth-order valence-electron chi connectivity index (χ4n) is 7.62. The number of nitro groups is 1. The zero-order chi connectivity index (χ0) is 32.6. The number of fused-ring (bicyclic) bond motifs is 5. The van der Waals surface area contributed by atoms with Crippen LogP contribution in [0, 0.1) is 10.1 Å². The summed E-state index contributed by atoms with van der Waals surface area (Å²) in [5, 5.41) is 20.6. The first-order valence-electron chi connectivity index (χ1n) is 16.6. The van der Waals surface area contributed by atoms with Gasteiger partial charge in [0.25, 0.3) is 11.6 Å². The molecule has 48 heavy (non-hydrogen) atoms. The van der Waals surface area contributed by atoms with Gasteiger partial charge in [0.15, 0.2) is 0 Å². The normalized spacial score (nSPS) is 16.2. The summed E-state index contributed by atoms with van der Waals surface area (Å²) < 4.78 is 5.98. The lowest BCUT2D eigenvalue weighted by atomic mass is 9.78. The van der Waals surface area contributed by atoms with Gasteiger partial charge in [0.2, 0.25) is 0 Å². The lowest BCUT2D eigenvalue weighted by Gasteiger charge is -2.36. The van der Waals surface area contributed by atoms with Gasteiger partial charge < -0.3 is 19.5 Å². The summed E-state index contributed by atoms with van der Waals surface area (Å²) in [6.07, 6.45) is 4.67. The number of rotatable bonds is 7. The highest BCUT2D eigenvalue weighted by molar-refractivity contribution is 6.08. The first-order valence-corrected chi connectivity index (χ1v) is 16.6. The number of aryl methyl sites for hydroxylation is 1. The van der Waals surface area contributed by atoms with Gasteiger partial charge in [-0.3, -0.25) is 14.9 Å². The zero-order valence-electron chi connectivity index (χ0n) is 26.6. The van der Waals surface area contributed by atoms with Crippen LogP contribution in [0.3, 0.4) is 0 Å². The minimum Gasteiger partial charge on any atom is -0.467 e. The molecule has 1 aliphatic heterocycles.